The van der Waals surface area contributed by atoms with Crippen molar-refractivity contribution in [2.24, 2.45) is 5.92 Å². The smallest absolute Gasteiger partial charge is 0.253 e. The fourth-order valence-corrected chi connectivity index (χ4v) is 6.78. The third kappa shape index (κ3) is 4.07. The van der Waals surface area contributed by atoms with E-state index >= 15 is 0 Å². The van der Waals surface area contributed by atoms with Gasteiger partial charge in [-0.15, -0.1) is 6.58 Å². The lowest BCUT2D eigenvalue weighted by Gasteiger charge is -2.37. The molecule has 0 aliphatic carbocycles. The van der Waals surface area contributed by atoms with E-state index in [-0.39, 0.29) is 5.91 Å². The van der Waals surface area contributed by atoms with Crippen molar-refractivity contribution in [3.8, 4) is 0 Å². The average molecular weight is 438 g/mol. The fraction of sp³-hybridized carbons (Fsp3) is 0.577. The molecule has 166 valence electrons. The fourth-order valence-electron chi connectivity index (χ4n) is 5.70. The van der Waals surface area contributed by atoms with Gasteiger partial charge in [-0.3, -0.25) is 9.69 Å². The van der Waals surface area contributed by atoms with Crippen LogP contribution >= 0.6 is 11.8 Å². The SMILES string of the molecule is C=CCn1c2c(c3cc(C(=O)N4CCC(C)CC4)ccc31)CN(C1CCSCC1)CC2. The normalized spacial score (nSPS) is 21.4. The van der Waals surface area contributed by atoms with Gasteiger partial charge in [0.1, 0.15) is 0 Å². The van der Waals surface area contributed by atoms with Gasteiger partial charge in [-0.05, 0) is 66.9 Å². The van der Waals surface area contributed by atoms with E-state index < -0.39 is 0 Å². The molecule has 0 bridgehead atoms. The Kier molecular flexibility index (Phi) is 6.16. The van der Waals surface area contributed by atoms with E-state index in [0.29, 0.717) is 6.04 Å². The van der Waals surface area contributed by atoms with Crippen LogP contribution < -0.4 is 0 Å². The molecule has 0 spiro atoms. The first-order valence-corrected chi connectivity index (χ1v) is 13.2. The summed E-state index contributed by atoms with van der Waals surface area (Å²) in [6.45, 7) is 11.1. The summed E-state index contributed by atoms with van der Waals surface area (Å²) in [6, 6.07) is 7.13. The van der Waals surface area contributed by atoms with Crippen LogP contribution in [0.2, 0.25) is 0 Å². The summed E-state index contributed by atoms with van der Waals surface area (Å²) >= 11 is 2.10. The van der Waals surface area contributed by atoms with Gasteiger partial charge >= 0.3 is 0 Å². The molecule has 4 nitrogen and oxygen atoms in total. The molecule has 0 N–H and O–H groups in total. The van der Waals surface area contributed by atoms with E-state index in [4.69, 9.17) is 0 Å². The number of carbonyl (C=O) groups excluding carboxylic acids is 1. The standard InChI is InChI=1S/C26H35N3OS/c1-3-11-29-24-5-4-20(26(30)27-12-6-19(2)7-13-27)17-22(24)23-18-28(14-8-25(23)29)21-9-15-31-16-10-21/h3-5,17,19,21H,1,6-16,18H2,2H3. The first-order valence-electron chi connectivity index (χ1n) is 12.0. The quantitative estimate of drug-likeness (QED) is 0.634. The monoisotopic (exact) mass is 437 g/mol. The first-order chi connectivity index (χ1) is 15.2. The highest BCUT2D eigenvalue weighted by atomic mass is 32.2. The highest BCUT2D eigenvalue weighted by Crippen LogP contribution is 2.34. The van der Waals surface area contributed by atoms with Crippen molar-refractivity contribution in [3.05, 3.63) is 47.7 Å². The number of likely N-dealkylation sites (tertiary alicyclic amines) is 1. The maximum Gasteiger partial charge on any atom is 0.253 e. The van der Waals surface area contributed by atoms with Crippen molar-refractivity contribution in [3.63, 3.8) is 0 Å². The molecular weight excluding hydrogens is 402 g/mol. The number of hydrogen-bond donors (Lipinski definition) is 0. The van der Waals surface area contributed by atoms with E-state index in [1.54, 1.807) is 0 Å². The van der Waals surface area contributed by atoms with E-state index in [0.717, 1.165) is 63.5 Å². The molecule has 1 amide bonds. The number of hydrogen-bond acceptors (Lipinski definition) is 3. The number of nitrogens with zero attached hydrogens (tertiary/aromatic N) is 3. The molecule has 2 fully saturated rings. The molecule has 0 saturated carbocycles. The highest BCUT2D eigenvalue weighted by molar-refractivity contribution is 7.99. The van der Waals surface area contributed by atoms with Gasteiger partial charge in [0, 0.05) is 67.3 Å². The van der Waals surface area contributed by atoms with Crippen LogP contribution in [0.3, 0.4) is 0 Å². The number of benzene rings is 1. The van der Waals surface area contributed by atoms with Crippen LogP contribution in [0.15, 0.2) is 30.9 Å². The number of aromatic nitrogens is 1. The molecule has 4 heterocycles. The van der Waals surface area contributed by atoms with Crippen molar-refractivity contribution in [1.29, 1.82) is 0 Å². The molecule has 0 atom stereocenters. The van der Waals surface area contributed by atoms with Crippen molar-refractivity contribution in [2.45, 2.75) is 58.2 Å². The molecule has 3 aliphatic heterocycles. The van der Waals surface area contributed by atoms with Crippen LogP contribution in [-0.2, 0) is 19.5 Å². The summed E-state index contributed by atoms with van der Waals surface area (Å²) in [4.78, 5) is 18.0. The maximum atomic E-state index is 13.3. The summed E-state index contributed by atoms with van der Waals surface area (Å²) < 4.78 is 2.43. The molecule has 5 heteroatoms. The predicted octanol–water partition coefficient (Wildman–Crippen LogP) is 4.95. The minimum atomic E-state index is 0.205. The topological polar surface area (TPSA) is 28.5 Å². The number of carbonyl (C=O) groups is 1. The summed E-state index contributed by atoms with van der Waals surface area (Å²) in [6.07, 6.45) is 7.94. The van der Waals surface area contributed by atoms with Gasteiger partial charge in [0.15, 0.2) is 0 Å². The van der Waals surface area contributed by atoms with E-state index in [9.17, 15) is 4.79 Å². The second-order valence-corrected chi connectivity index (χ2v) is 10.8. The van der Waals surface area contributed by atoms with Gasteiger partial charge in [0.05, 0.1) is 0 Å². The van der Waals surface area contributed by atoms with Crippen molar-refractivity contribution in [2.75, 3.05) is 31.1 Å². The molecule has 5 rings (SSSR count). The van der Waals surface area contributed by atoms with E-state index in [2.05, 4.69) is 51.8 Å². The zero-order chi connectivity index (χ0) is 21.4. The zero-order valence-corrected chi connectivity index (χ0v) is 19.6. The van der Waals surface area contributed by atoms with Gasteiger partial charge in [-0.2, -0.15) is 11.8 Å². The third-order valence-corrected chi connectivity index (χ3v) is 8.67. The highest BCUT2D eigenvalue weighted by Gasteiger charge is 2.29. The van der Waals surface area contributed by atoms with Crippen LogP contribution in [0, 0.1) is 5.92 Å². The van der Waals surface area contributed by atoms with Crippen molar-refractivity contribution < 1.29 is 4.79 Å². The number of amides is 1. The molecule has 2 aromatic rings. The maximum absolute atomic E-state index is 13.3. The van der Waals surface area contributed by atoms with Crippen LogP contribution in [0.1, 0.15) is 54.2 Å². The molecule has 31 heavy (non-hydrogen) atoms. The summed E-state index contributed by atoms with van der Waals surface area (Å²) in [5, 5.41) is 1.28. The van der Waals surface area contributed by atoms with Gasteiger partial charge in [-0.1, -0.05) is 13.0 Å². The van der Waals surface area contributed by atoms with Gasteiger partial charge in [0.2, 0.25) is 0 Å². The molecule has 3 aliphatic rings. The van der Waals surface area contributed by atoms with Crippen LogP contribution in [-0.4, -0.2) is 57.5 Å². The Morgan fingerprint density at radius 2 is 1.94 bits per heavy atom. The van der Waals surface area contributed by atoms with Crippen molar-refractivity contribution >= 4 is 28.6 Å². The predicted molar refractivity (Wildman–Crippen MR) is 131 cm³/mol. The van der Waals surface area contributed by atoms with Crippen molar-refractivity contribution in [1.82, 2.24) is 14.4 Å². The van der Waals surface area contributed by atoms with E-state index in [1.165, 1.54) is 46.5 Å². The summed E-state index contributed by atoms with van der Waals surface area (Å²) in [7, 11) is 0. The van der Waals surface area contributed by atoms with E-state index in [1.807, 2.05) is 12.1 Å². The Balaban J connectivity index is 1.48. The second kappa shape index (κ2) is 9.03. The Hall–Kier alpha value is -1.72. The largest absolute Gasteiger partial charge is 0.340 e. The number of fused-ring (bicyclic) bond motifs is 3. The Bertz CT molecular complexity index is 967. The number of thioether (sulfide) groups is 1. The third-order valence-electron chi connectivity index (χ3n) is 7.62. The van der Waals surface area contributed by atoms with Gasteiger partial charge < -0.3 is 9.47 Å². The van der Waals surface area contributed by atoms with Crippen LogP contribution in [0.4, 0.5) is 0 Å². The molecule has 2 saturated heterocycles. The molecule has 0 unspecified atom stereocenters. The average Bonchev–Trinajstić information content (AvgIpc) is 3.12. The van der Waals surface area contributed by atoms with Crippen LogP contribution in [0.5, 0.6) is 0 Å². The zero-order valence-electron chi connectivity index (χ0n) is 18.8. The summed E-state index contributed by atoms with van der Waals surface area (Å²) in [5.41, 5.74) is 5.01. The van der Waals surface area contributed by atoms with Gasteiger partial charge in [-0.25, -0.2) is 0 Å². The lowest BCUT2D eigenvalue weighted by molar-refractivity contribution is 0.0697. The minimum absolute atomic E-state index is 0.205. The van der Waals surface area contributed by atoms with Crippen LogP contribution in [0.25, 0.3) is 10.9 Å². The Morgan fingerprint density at radius 1 is 1.16 bits per heavy atom. The Labute approximate surface area is 190 Å². The number of rotatable bonds is 4. The first kappa shape index (κ1) is 21.1. The summed E-state index contributed by atoms with van der Waals surface area (Å²) in [5.74, 6) is 3.52. The second-order valence-electron chi connectivity index (χ2n) is 9.60. The Morgan fingerprint density at radius 3 is 2.68 bits per heavy atom. The lowest BCUT2D eigenvalue weighted by Crippen LogP contribution is -2.41. The number of piperidine rings is 1. The lowest BCUT2D eigenvalue weighted by atomic mass is 9.97. The molecular formula is C26H35N3OS. The molecule has 1 aromatic heterocycles. The molecule has 1 aromatic carbocycles. The molecule has 0 radical (unpaired) electrons. The number of allylic oxidation sites excluding steroid dienone is 1. The minimum Gasteiger partial charge on any atom is -0.340 e. The van der Waals surface area contributed by atoms with Gasteiger partial charge in [0.25, 0.3) is 5.91 Å².